The van der Waals surface area contributed by atoms with Crippen LogP contribution in [-0.2, 0) is 4.74 Å². The van der Waals surface area contributed by atoms with E-state index in [4.69, 9.17) is 14.2 Å². The second kappa shape index (κ2) is 9.85. The van der Waals surface area contributed by atoms with Crippen molar-refractivity contribution in [2.75, 3.05) is 13.9 Å². The first-order chi connectivity index (χ1) is 14.5. The number of aryl methyl sites for hydroxylation is 2. The largest absolute Gasteiger partial charge is 0.467 e. The highest BCUT2D eigenvalue weighted by atomic mass is 19.1. The summed E-state index contributed by atoms with van der Waals surface area (Å²) < 4.78 is 28.9. The lowest BCUT2D eigenvalue weighted by atomic mass is 10.0. The molecule has 5 heteroatoms. The summed E-state index contributed by atoms with van der Waals surface area (Å²) in [6.45, 7) is 4.18. The summed E-state index contributed by atoms with van der Waals surface area (Å²) in [5.41, 5.74) is 4.33. The number of benzene rings is 3. The third-order valence-electron chi connectivity index (χ3n) is 4.42. The highest BCUT2D eigenvalue weighted by Gasteiger charge is 2.09. The summed E-state index contributed by atoms with van der Waals surface area (Å²) in [7, 11) is 1.59. The zero-order valence-electron chi connectivity index (χ0n) is 17.1. The van der Waals surface area contributed by atoms with Gasteiger partial charge in [-0.1, -0.05) is 24.3 Å². The molecule has 0 bridgehead atoms. The molecule has 3 aromatic carbocycles. The van der Waals surface area contributed by atoms with Crippen LogP contribution in [0.15, 0.2) is 60.7 Å². The minimum Gasteiger partial charge on any atom is -0.467 e. The molecule has 30 heavy (non-hydrogen) atoms. The van der Waals surface area contributed by atoms with Gasteiger partial charge in [-0.25, -0.2) is 9.18 Å². The number of hydrogen-bond donors (Lipinski definition) is 0. The molecule has 0 spiro atoms. The zero-order valence-corrected chi connectivity index (χ0v) is 17.1. The van der Waals surface area contributed by atoms with E-state index < -0.39 is 5.97 Å². The Kier molecular flexibility index (Phi) is 6.99. The third kappa shape index (κ3) is 5.55. The first-order valence-electron chi connectivity index (χ1n) is 9.45. The average Bonchev–Trinajstić information content (AvgIpc) is 2.73. The summed E-state index contributed by atoms with van der Waals surface area (Å²) in [6.07, 6.45) is 3.91. The second-order valence-corrected chi connectivity index (χ2v) is 6.84. The minimum absolute atomic E-state index is 0.206. The number of rotatable bonds is 7. The smallest absolute Gasteiger partial charge is 0.343 e. The van der Waals surface area contributed by atoms with E-state index in [0.717, 1.165) is 28.0 Å². The molecule has 0 aliphatic carbocycles. The van der Waals surface area contributed by atoms with E-state index in [1.807, 2.05) is 44.2 Å². The summed E-state index contributed by atoms with van der Waals surface area (Å²) in [4.78, 5) is 12.4. The Balaban J connectivity index is 1.74. The van der Waals surface area contributed by atoms with Crippen LogP contribution in [0.4, 0.5) is 4.39 Å². The Labute approximate surface area is 175 Å². The lowest BCUT2D eigenvalue weighted by molar-refractivity contribution is 0.0501. The van der Waals surface area contributed by atoms with Crippen molar-refractivity contribution in [1.82, 2.24) is 0 Å². The predicted molar refractivity (Wildman–Crippen MR) is 115 cm³/mol. The zero-order chi connectivity index (χ0) is 21.5. The fourth-order valence-corrected chi connectivity index (χ4v) is 3.06. The molecular weight excluding hydrogens is 383 g/mol. The molecule has 3 aromatic rings. The molecule has 0 saturated heterocycles. The molecular formula is C25H23FO4. The highest BCUT2D eigenvalue weighted by molar-refractivity contribution is 5.92. The standard InChI is InChI=1S/C25H23FO4/c1-17-13-20(14-18(2)24(17)29-16-28-3)8-7-19-5-4-6-21(15-19)25(27)30-23-11-9-22(26)10-12-23/h4-15H,16H2,1-3H3/b8-7+. The van der Waals surface area contributed by atoms with Crippen molar-refractivity contribution in [2.24, 2.45) is 0 Å². The molecule has 4 nitrogen and oxygen atoms in total. The Morgan fingerprint density at radius 2 is 1.60 bits per heavy atom. The molecule has 0 heterocycles. The minimum atomic E-state index is -0.497. The van der Waals surface area contributed by atoms with Crippen molar-refractivity contribution in [1.29, 1.82) is 0 Å². The molecule has 0 saturated carbocycles. The monoisotopic (exact) mass is 406 g/mol. The summed E-state index contributed by atoms with van der Waals surface area (Å²) in [6, 6.07) is 16.5. The van der Waals surface area contributed by atoms with Crippen LogP contribution in [0.5, 0.6) is 11.5 Å². The molecule has 0 aromatic heterocycles. The predicted octanol–water partition coefficient (Wildman–Crippen LogP) is 5.81. The van der Waals surface area contributed by atoms with Gasteiger partial charge in [0.15, 0.2) is 6.79 Å². The van der Waals surface area contributed by atoms with Crippen LogP contribution in [0.1, 0.15) is 32.6 Å². The third-order valence-corrected chi connectivity index (χ3v) is 4.42. The average molecular weight is 406 g/mol. The van der Waals surface area contributed by atoms with Gasteiger partial charge in [-0.15, -0.1) is 0 Å². The molecule has 0 amide bonds. The molecule has 0 aliphatic rings. The molecule has 154 valence electrons. The number of methoxy groups -OCH3 is 1. The SMILES string of the molecule is COCOc1c(C)cc(/C=C/c2cccc(C(=O)Oc3ccc(F)cc3)c2)cc1C. The van der Waals surface area contributed by atoms with Crippen molar-refractivity contribution < 1.29 is 23.4 Å². The lowest BCUT2D eigenvalue weighted by Gasteiger charge is -2.12. The topological polar surface area (TPSA) is 44.8 Å². The number of esters is 1. The number of carbonyl (C=O) groups excluding carboxylic acids is 1. The van der Waals surface area contributed by atoms with E-state index in [9.17, 15) is 9.18 Å². The Morgan fingerprint density at radius 1 is 0.933 bits per heavy atom. The van der Waals surface area contributed by atoms with E-state index >= 15 is 0 Å². The first kappa shape index (κ1) is 21.3. The van der Waals surface area contributed by atoms with Crippen LogP contribution in [0.25, 0.3) is 12.2 Å². The Bertz CT molecular complexity index is 1030. The van der Waals surface area contributed by atoms with Crippen molar-refractivity contribution in [2.45, 2.75) is 13.8 Å². The van der Waals surface area contributed by atoms with Gasteiger partial charge in [0.25, 0.3) is 0 Å². The van der Waals surface area contributed by atoms with Gasteiger partial charge >= 0.3 is 5.97 Å². The van der Waals surface area contributed by atoms with Gasteiger partial charge in [0, 0.05) is 7.11 Å². The summed E-state index contributed by atoms with van der Waals surface area (Å²) >= 11 is 0. The van der Waals surface area contributed by atoms with Crippen molar-refractivity contribution in [3.63, 3.8) is 0 Å². The van der Waals surface area contributed by atoms with Crippen LogP contribution in [0.3, 0.4) is 0 Å². The van der Waals surface area contributed by atoms with Gasteiger partial charge in [0.05, 0.1) is 5.56 Å². The van der Waals surface area contributed by atoms with Gasteiger partial charge in [0.2, 0.25) is 0 Å². The maximum absolute atomic E-state index is 13.0. The van der Waals surface area contributed by atoms with E-state index in [1.54, 1.807) is 25.3 Å². The van der Waals surface area contributed by atoms with Gasteiger partial charge < -0.3 is 14.2 Å². The van der Waals surface area contributed by atoms with Gasteiger partial charge in [-0.2, -0.15) is 0 Å². The number of hydrogen-bond acceptors (Lipinski definition) is 4. The highest BCUT2D eigenvalue weighted by Crippen LogP contribution is 2.26. The van der Waals surface area contributed by atoms with E-state index in [2.05, 4.69) is 0 Å². The number of halogens is 1. The van der Waals surface area contributed by atoms with Gasteiger partial charge in [-0.05, 0) is 84.6 Å². The molecule has 0 radical (unpaired) electrons. The Morgan fingerprint density at radius 3 is 2.27 bits per heavy atom. The first-order valence-corrected chi connectivity index (χ1v) is 9.45. The summed E-state index contributed by atoms with van der Waals surface area (Å²) in [5.74, 6) is 0.234. The van der Waals surface area contributed by atoms with Crippen LogP contribution >= 0.6 is 0 Å². The van der Waals surface area contributed by atoms with Crippen molar-refractivity contribution in [3.05, 3.63) is 94.3 Å². The van der Waals surface area contributed by atoms with Gasteiger partial charge in [0.1, 0.15) is 17.3 Å². The number of ether oxygens (including phenoxy) is 3. The van der Waals surface area contributed by atoms with E-state index in [-0.39, 0.29) is 12.6 Å². The van der Waals surface area contributed by atoms with Crippen LogP contribution < -0.4 is 9.47 Å². The molecule has 0 fully saturated rings. The van der Waals surface area contributed by atoms with E-state index in [0.29, 0.717) is 11.3 Å². The molecule has 0 aliphatic heterocycles. The summed E-state index contributed by atoms with van der Waals surface area (Å²) in [5, 5.41) is 0. The molecule has 3 rings (SSSR count). The molecule has 0 N–H and O–H groups in total. The van der Waals surface area contributed by atoms with Crippen LogP contribution in [0, 0.1) is 19.7 Å². The fraction of sp³-hybridized carbons (Fsp3) is 0.160. The second-order valence-electron chi connectivity index (χ2n) is 6.84. The normalized spacial score (nSPS) is 10.9. The quantitative estimate of drug-likeness (QED) is 0.215. The molecule has 0 atom stereocenters. The van der Waals surface area contributed by atoms with Crippen molar-refractivity contribution in [3.8, 4) is 11.5 Å². The fourth-order valence-electron chi connectivity index (χ4n) is 3.06. The maximum atomic E-state index is 13.0. The van der Waals surface area contributed by atoms with E-state index in [1.165, 1.54) is 24.3 Å². The Hall–Kier alpha value is -3.44. The molecule has 0 unspecified atom stereocenters. The van der Waals surface area contributed by atoms with Crippen molar-refractivity contribution >= 4 is 18.1 Å². The lowest BCUT2D eigenvalue weighted by Crippen LogP contribution is -2.08. The number of carbonyl (C=O) groups is 1. The van der Waals surface area contributed by atoms with Gasteiger partial charge in [-0.3, -0.25) is 0 Å². The van der Waals surface area contributed by atoms with Crippen LogP contribution in [-0.4, -0.2) is 19.9 Å². The maximum Gasteiger partial charge on any atom is 0.343 e. The van der Waals surface area contributed by atoms with Crippen LogP contribution in [0.2, 0.25) is 0 Å².